The van der Waals surface area contributed by atoms with E-state index in [1.165, 1.54) is 20.3 Å². The van der Waals surface area contributed by atoms with Crippen molar-refractivity contribution in [2.24, 2.45) is 0 Å². The van der Waals surface area contributed by atoms with Crippen LogP contribution in [-0.4, -0.2) is 26.0 Å². The quantitative estimate of drug-likeness (QED) is 0.190. The molecule has 0 aliphatic carbocycles. The molecule has 0 fully saturated rings. The van der Waals surface area contributed by atoms with Gasteiger partial charge in [-0.3, -0.25) is 9.59 Å². The van der Waals surface area contributed by atoms with Crippen molar-refractivity contribution in [2.75, 3.05) is 24.9 Å². The second-order valence-electron chi connectivity index (χ2n) is 8.64. The number of ether oxygens (including phenoxy) is 2. The number of methoxy groups -OCH3 is 2. The average molecular weight is 601 g/mol. The van der Waals surface area contributed by atoms with Crippen molar-refractivity contribution in [1.29, 1.82) is 0 Å². The maximum atomic E-state index is 13.6. The lowest BCUT2D eigenvalue weighted by Gasteiger charge is -2.20. The summed E-state index contributed by atoms with van der Waals surface area (Å²) in [6, 6.07) is 23.4. The summed E-state index contributed by atoms with van der Waals surface area (Å²) >= 11 is 6.91. The Balaban J connectivity index is 1.58. The van der Waals surface area contributed by atoms with E-state index in [1.807, 2.05) is 0 Å². The SMILES string of the molecule is COc1ccc(C(=O)Nc2cccc(SC(C(=O)Nc3ccc(Cl)cc3C(F)(F)F)c3ccccc3)c2)cc1OC. The van der Waals surface area contributed by atoms with Gasteiger partial charge in [-0.2, -0.15) is 13.2 Å². The fourth-order valence-electron chi connectivity index (χ4n) is 3.92. The van der Waals surface area contributed by atoms with Crippen molar-refractivity contribution >= 4 is 46.6 Å². The number of rotatable bonds is 9. The minimum Gasteiger partial charge on any atom is -0.493 e. The van der Waals surface area contributed by atoms with E-state index in [0.717, 1.165) is 23.9 Å². The molecule has 6 nitrogen and oxygen atoms in total. The van der Waals surface area contributed by atoms with Crippen LogP contribution in [0.1, 0.15) is 26.7 Å². The maximum absolute atomic E-state index is 13.6. The maximum Gasteiger partial charge on any atom is 0.418 e. The number of carbonyl (C=O) groups excluding carboxylic acids is 2. The van der Waals surface area contributed by atoms with E-state index < -0.39 is 34.5 Å². The molecule has 0 aliphatic rings. The Kier molecular flexibility index (Phi) is 9.46. The van der Waals surface area contributed by atoms with Gasteiger partial charge in [-0.25, -0.2) is 0 Å². The Morgan fingerprint density at radius 2 is 1.56 bits per heavy atom. The Hall–Kier alpha value is -4.15. The Morgan fingerprint density at radius 3 is 2.24 bits per heavy atom. The Morgan fingerprint density at radius 1 is 0.829 bits per heavy atom. The van der Waals surface area contributed by atoms with Gasteiger partial charge in [0.15, 0.2) is 11.5 Å². The molecule has 4 aromatic rings. The van der Waals surface area contributed by atoms with Gasteiger partial charge in [-0.05, 0) is 60.2 Å². The molecule has 41 heavy (non-hydrogen) atoms. The van der Waals surface area contributed by atoms with E-state index in [9.17, 15) is 22.8 Å². The van der Waals surface area contributed by atoms with E-state index in [0.29, 0.717) is 33.2 Å². The number of hydrogen-bond donors (Lipinski definition) is 2. The zero-order valence-electron chi connectivity index (χ0n) is 21.8. The van der Waals surface area contributed by atoms with Crippen LogP contribution in [0.4, 0.5) is 24.5 Å². The van der Waals surface area contributed by atoms with Crippen LogP contribution < -0.4 is 20.1 Å². The number of nitrogens with one attached hydrogen (secondary N) is 2. The van der Waals surface area contributed by atoms with Gasteiger partial charge in [-0.1, -0.05) is 48.0 Å². The molecule has 11 heteroatoms. The second-order valence-corrected chi connectivity index (χ2v) is 10.3. The first-order valence-electron chi connectivity index (χ1n) is 12.1. The molecule has 1 unspecified atom stereocenters. The summed E-state index contributed by atoms with van der Waals surface area (Å²) in [5.41, 5.74) is -0.0681. The standard InChI is InChI=1S/C30H24ClF3N2O4S/c1-39-25-14-11-19(15-26(25)40-2)28(37)35-21-9-6-10-22(17-21)41-27(18-7-4-3-5-8-18)29(38)36-24-13-12-20(31)16-23(24)30(32,33)34/h3-17,27H,1-2H3,(H,35,37)(H,36,38). The molecule has 0 radical (unpaired) electrons. The Bertz CT molecular complexity index is 1550. The molecule has 4 aromatic carbocycles. The zero-order chi connectivity index (χ0) is 29.6. The van der Waals surface area contributed by atoms with Crippen LogP contribution in [0.2, 0.25) is 5.02 Å². The molecule has 0 saturated heterocycles. The first kappa shape index (κ1) is 29.8. The van der Waals surface area contributed by atoms with E-state index in [2.05, 4.69) is 10.6 Å². The highest BCUT2D eigenvalue weighted by molar-refractivity contribution is 8.00. The lowest BCUT2D eigenvalue weighted by molar-refractivity contribution is -0.137. The summed E-state index contributed by atoms with van der Waals surface area (Å²) in [6.45, 7) is 0. The third-order valence-corrected chi connectivity index (χ3v) is 7.36. The molecule has 4 rings (SSSR count). The van der Waals surface area contributed by atoms with Gasteiger partial charge >= 0.3 is 6.18 Å². The van der Waals surface area contributed by atoms with Crippen molar-refractivity contribution in [3.63, 3.8) is 0 Å². The largest absolute Gasteiger partial charge is 0.493 e. The van der Waals surface area contributed by atoms with Crippen molar-refractivity contribution in [1.82, 2.24) is 0 Å². The topological polar surface area (TPSA) is 76.7 Å². The van der Waals surface area contributed by atoms with Crippen molar-refractivity contribution < 1.29 is 32.2 Å². The lowest BCUT2D eigenvalue weighted by atomic mass is 10.1. The predicted octanol–water partition coefficient (Wildman–Crippen LogP) is 8.10. The second kappa shape index (κ2) is 13.0. The molecule has 0 aliphatic heterocycles. The number of anilines is 2. The van der Waals surface area contributed by atoms with Crippen LogP contribution in [0.25, 0.3) is 0 Å². The molecule has 0 bridgehead atoms. The third kappa shape index (κ3) is 7.53. The first-order chi connectivity index (χ1) is 19.6. The van der Waals surface area contributed by atoms with Crippen molar-refractivity contribution in [3.05, 3.63) is 113 Å². The molecule has 0 saturated carbocycles. The van der Waals surface area contributed by atoms with Crippen LogP contribution in [0.5, 0.6) is 11.5 Å². The molecular formula is C30H24ClF3N2O4S. The number of amides is 2. The number of halogens is 4. The summed E-state index contributed by atoms with van der Waals surface area (Å²) in [5, 5.41) is 4.22. The third-order valence-electron chi connectivity index (χ3n) is 5.88. The highest BCUT2D eigenvalue weighted by atomic mass is 35.5. The van der Waals surface area contributed by atoms with Gasteiger partial charge in [0.1, 0.15) is 5.25 Å². The van der Waals surface area contributed by atoms with Crippen LogP contribution in [0.15, 0.2) is 95.9 Å². The van der Waals surface area contributed by atoms with E-state index >= 15 is 0 Å². The molecule has 0 heterocycles. The predicted molar refractivity (Wildman–Crippen MR) is 154 cm³/mol. The number of carbonyl (C=O) groups is 2. The van der Waals surface area contributed by atoms with Crippen LogP contribution in [0, 0.1) is 0 Å². The number of benzene rings is 4. The fraction of sp³-hybridized carbons (Fsp3) is 0.133. The van der Waals surface area contributed by atoms with E-state index in [-0.39, 0.29) is 5.02 Å². The van der Waals surface area contributed by atoms with Crippen LogP contribution in [-0.2, 0) is 11.0 Å². The van der Waals surface area contributed by atoms with Crippen LogP contribution in [0.3, 0.4) is 0 Å². The van der Waals surface area contributed by atoms with Crippen molar-refractivity contribution in [3.8, 4) is 11.5 Å². The summed E-state index contributed by atoms with van der Waals surface area (Å²) in [7, 11) is 2.96. The molecular weight excluding hydrogens is 577 g/mol. The molecule has 2 N–H and O–H groups in total. The summed E-state index contributed by atoms with van der Waals surface area (Å²) in [6.07, 6.45) is -4.72. The normalized spacial score (nSPS) is 11.9. The highest BCUT2D eigenvalue weighted by Crippen LogP contribution is 2.40. The minimum absolute atomic E-state index is 0.101. The molecule has 1 atom stereocenters. The van der Waals surface area contributed by atoms with Gasteiger partial charge < -0.3 is 20.1 Å². The molecule has 2 amide bonds. The summed E-state index contributed by atoms with van der Waals surface area (Å²) in [5.74, 6) is -0.175. The van der Waals surface area contributed by atoms with Gasteiger partial charge in [0.25, 0.3) is 5.91 Å². The number of thioether (sulfide) groups is 1. The monoisotopic (exact) mass is 600 g/mol. The highest BCUT2D eigenvalue weighted by Gasteiger charge is 2.35. The average Bonchev–Trinajstić information content (AvgIpc) is 2.96. The molecule has 212 valence electrons. The lowest BCUT2D eigenvalue weighted by Crippen LogP contribution is -2.21. The number of hydrogen-bond acceptors (Lipinski definition) is 5. The number of alkyl halides is 3. The van der Waals surface area contributed by atoms with Gasteiger partial charge in [0.05, 0.1) is 25.5 Å². The van der Waals surface area contributed by atoms with Crippen LogP contribution >= 0.6 is 23.4 Å². The van der Waals surface area contributed by atoms with Gasteiger partial charge in [-0.15, -0.1) is 11.8 Å². The summed E-state index contributed by atoms with van der Waals surface area (Å²) < 4.78 is 51.4. The zero-order valence-corrected chi connectivity index (χ0v) is 23.4. The molecule has 0 spiro atoms. The minimum atomic E-state index is -4.72. The van der Waals surface area contributed by atoms with Gasteiger partial charge in [0.2, 0.25) is 5.91 Å². The van der Waals surface area contributed by atoms with E-state index in [4.69, 9.17) is 21.1 Å². The summed E-state index contributed by atoms with van der Waals surface area (Å²) in [4.78, 5) is 26.9. The first-order valence-corrected chi connectivity index (χ1v) is 13.4. The molecule has 0 aromatic heterocycles. The van der Waals surface area contributed by atoms with Crippen molar-refractivity contribution in [2.45, 2.75) is 16.3 Å². The fourth-order valence-corrected chi connectivity index (χ4v) is 5.18. The van der Waals surface area contributed by atoms with E-state index in [1.54, 1.807) is 72.8 Å². The van der Waals surface area contributed by atoms with Gasteiger partial charge in [0, 0.05) is 21.2 Å². The smallest absolute Gasteiger partial charge is 0.418 e. The Labute approximate surface area is 243 Å².